The fourth-order valence-corrected chi connectivity index (χ4v) is 1.75. The van der Waals surface area contributed by atoms with Crippen LogP contribution in [0.25, 0.3) is 0 Å². The zero-order valence-electron chi connectivity index (χ0n) is 11.6. The topological polar surface area (TPSA) is 79.9 Å². The van der Waals surface area contributed by atoms with Gasteiger partial charge in [0.1, 0.15) is 17.9 Å². The molecule has 2 aromatic rings. The van der Waals surface area contributed by atoms with Crippen molar-refractivity contribution in [3.05, 3.63) is 42.0 Å². The fourth-order valence-electron chi connectivity index (χ4n) is 1.75. The van der Waals surface area contributed by atoms with E-state index in [0.717, 1.165) is 6.42 Å². The number of nitrogens with zero attached hydrogens (tertiary/aromatic N) is 2. The maximum absolute atomic E-state index is 11.7. The second-order valence-corrected chi connectivity index (χ2v) is 4.45. The van der Waals surface area contributed by atoms with E-state index < -0.39 is 0 Å². The van der Waals surface area contributed by atoms with Crippen LogP contribution in [-0.4, -0.2) is 27.7 Å². The van der Waals surface area contributed by atoms with Crippen molar-refractivity contribution >= 4 is 5.91 Å². The molecule has 0 fully saturated rings. The lowest BCUT2D eigenvalue weighted by molar-refractivity contribution is -0.123. The summed E-state index contributed by atoms with van der Waals surface area (Å²) in [4.78, 5) is 15.7. The summed E-state index contributed by atoms with van der Waals surface area (Å²) in [6.45, 7) is 3.90. The Morgan fingerprint density at radius 1 is 1.40 bits per heavy atom. The molecule has 1 heterocycles. The van der Waals surface area contributed by atoms with E-state index in [4.69, 9.17) is 4.74 Å². The third-order valence-electron chi connectivity index (χ3n) is 2.92. The highest BCUT2D eigenvalue weighted by molar-refractivity contribution is 5.77. The number of nitrogens with one attached hydrogen (secondary N) is 2. The van der Waals surface area contributed by atoms with E-state index in [9.17, 15) is 4.79 Å². The molecule has 1 atom stereocenters. The highest BCUT2D eigenvalue weighted by Gasteiger charge is 2.12. The summed E-state index contributed by atoms with van der Waals surface area (Å²) in [7, 11) is 0. The first-order valence-corrected chi connectivity index (χ1v) is 6.55. The minimum absolute atomic E-state index is 0.0239. The molecule has 1 unspecified atom stereocenters. The van der Waals surface area contributed by atoms with Gasteiger partial charge in [-0.3, -0.25) is 9.89 Å². The molecule has 0 aliphatic carbocycles. The lowest BCUT2D eigenvalue weighted by Gasteiger charge is -2.12. The van der Waals surface area contributed by atoms with Crippen LogP contribution in [0, 0.1) is 0 Å². The highest BCUT2D eigenvalue weighted by Crippen LogP contribution is 2.12. The second kappa shape index (κ2) is 6.70. The van der Waals surface area contributed by atoms with Crippen molar-refractivity contribution in [1.29, 1.82) is 0 Å². The molecule has 0 aliphatic heterocycles. The van der Waals surface area contributed by atoms with Crippen molar-refractivity contribution in [3.8, 4) is 5.75 Å². The van der Waals surface area contributed by atoms with E-state index >= 15 is 0 Å². The summed E-state index contributed by atoms with van der Waals surface area (Å²) in [5, 5.41) is 9.23. The van der Waals surface area contributed by atoms with Gasteiger partial charge in [-0.1, -0.05) is 19.1 Å². The average Bonchev–Trinajstić information content (AvgIpc) is 3.00. The summed E-state index contributed by atoms with van der Waals surface area (Å²) in [5.41, 5.74) is 1.24. The van der Waals surface area contributed by atoms with Crippen molar-refractivity contribution in [2.45, 2.75) is 26.3 Å². The Morgan fingerprint density at radius 3 is 2.75 bits per heavy atom. The van der Waals surface area contributed by atoms with E-state index in [1.165, 1.54) is 11.9 Å². The first kappa shape index (κ1) is 14.0. The van der Waals surface area contributed by atoms with Crippen LogP contribution in [0.2, 0.25) is 0 Å². The molecular formula is C14H18N4O2. The molecule has 2 rings (SSSR count). The van der Waals surface area contributed by atoms with Crippen molar-refractivity contribution in [2.24, 2.45) is 0 Å². The van der Waals surface area contributed by atoms with Gasteiger partial charge >= 0.3 is 0 Å². The van der Waals surface area contributed by atoms with Crippen molar-refractivity contribution < 1.29 is 9.53 Å². The number of H-pyrrole nitrogens is 1. The number of hydrogen-bond acceptors (Lipinski definition) is 4. The number of aromatic amines is 1. The van der Waals surface area contributed by atoms with E-state index in [1.807, 2.05) is 31.2 Å². The molecule has 0 saturated carbocycles. The Morgan fingerprint density at radius 2 is 2.15 bits per heavy atom. The Bertz CT molecular complexity index is 537. The van der Waals surface area contributed by atoms with E-state index in [0.29, 0.717) is 11.6 Å². The van der Waals surface area contributed by atoms with Crippen LogP contribution < -0.4 is 10.1 Å². The first-order valence-electron chi connectivity index (χ1n) is 6.55. The largest absolute Gasteiger partial charge is 0.484 e. The van der Waals surface area contributed by atoms with Gasteiger partial charge in [-0.25, -0.2) is 4.98 Å². The molecule has 0 bridgehead atoms. The fraction of sp³-hybridized carbons (Fsp3) is 0.357. The third kappa shape index (κ3) is 3.81. The van der Waals surface area contributed by atoms with Crippen LogP contribution in [0.15, 0.2) is 30.6 Å². The Hall–Kier alpha value is -2.37. The minimum atomic E-state index is -0.226. The van der Waals surface area contributed by atoms with Gasteiger partial charge < -0.3 is 10.1 Å². The number of amides is 1. The van der Waals surface area contributed by atoms with E-state index in [1.54, 1.807) is 0 Å². The van der Waals surface area contributed by atoms with Gasteiger partial charge in [0.05, 0.1) is 6.04 Å². The minimum Gasteiger partial charge on any atom is -0.484 e. The maximum Gasteiger partial charge on any atom is 0.258 e. The number of carbonyl (C=O) groups is 1. The van der Waals surface area contributed by atoms with Gasteiger partial charge in [0.2, 0.25) is 0 Å². The molecule has 1 aromatic carbocycles. The van der Waals surface area contributed by atoms with Crippen molar-refractivity contribution in [1.82, 2.24) is 20.5 Å². The number of ether oxygens (including phenoxy) is 1. The molecule has 0 aliphatic rings. The summed E-state index contributed by atoms with van der Waals surface area (Å²) >= 11 is 0. The molecule has 0 spiro atoms. The number of aromatic nitrogens is 3. The Balaban J connectivity index is 1.79. The van der Waals surface area contributed by atoms with Gasteiger partial charge in [0.25, 0.3) is 5.91 Å². The summed E-state index contributed by atoms with van der Waals surface area (Å²) in [6.07, 6.45) is 2.39. The molecule has 6 heteroatoms. The SMILES string of the molecule is CCc1ccc(OCC(=O)NC(C)c2ncn[nH]2)cc1. The molecule has 0 radical (unpaired) electrons. The zero-order chi connectivity index (χ0) is 14.4. The predicted octanol–water partition coefficient (Wildman–Crippen LogP) is 1.62. The molecular weight excluding hydrogens is 256 g/mol. The molecule has 6 nitrogen and oxygen atoms in total. The Labute approximate surface area is 117 Å². The van der Waals surface area contributed by atoms with Gasteiger partial charge in [-0.15, -0.1) is 0 Å². The van der Waals surface area contributed by atoms with E-state index in [2.05, 4.69) is 27.4 Å². The van der Waals surface area contributed by atoms with Crippen LogP contribution in [0.5, 0.6) is 5.75 Å². The van der Waals surface area contributed by atoms with Gasteiger partial charge in [0.15, 0.2) is 6.61 Å². The normalized spacial score (nSPS) is 11.9. The van der Waals surface area contributed by atoms with Crippen molar-refractivity contribution in [2.75, 3.05) is 6.61 Å². The molecule has 1 aromatic heterocycles. The quantitative estimate of drug-likeness (QED) is 0.839. The van der Waals surface area contributed by atoms with Gasteiger partial charge in [-0.05, 0) is 31.0 Å². The molecule has 1 amide bonds. The number of aryl methyl sites for hydroxylation is 1. The van der Waals surface area contributed by atoms with Crippen molar-refractivity contribution in [3.63, 3.8) is 0 Å². The standard InChI is InChI=1S/C14H18N4O2/c1-3-11-4-6-12(7-5-11)20-8-13(19)17-10(2)14-15-9-16-18-14/h4-7,9-10H,3,8H2,1-2H3,(H,17,19)(H,15,16,18). The molecule has 20 heavy (non-hydrogen) atoms. The van der Waals surface area contributed by atoms with Crippen LogP contribution in [-0.2, 0) is 11.2 Å². The van der Waals surface area contributed by atoms with Crippen LogP contribution in [0.4, 0.5) is 0 Å². The Kier molecular flexibility index (Phi) is 4.70. The van der Waals surface area contributed by atoms with Crippen LogP contribution in [0.1, 0.15) is 31.3 Å². The highest BCUT2D eigenvalue weighted by atomic mass is 16.5. The predicted molar refractivity (Wildman–Crippen MR) is 74.3 cm³/mol. The monoisotopic (exact) mass is 274 g/mol. The number of hydrogen-bond donors (Lipinski definition) is 2. The number of carbonyl (C=O) groups excluding carboxylic acids is 1. The summed E-state index contributed by atoms with van der Waals surface area (Å²) in [6, 6.07) is 7.49. The zero-order valence-corrected chi connectivity index (χ0v) is 11.6. The van der Waals surface area contributed by atoms with E-state index in [-0.39, 0.29) is 18.6 Å². The van der Waals surface area contributed by atoms with Crippen LogP contribution >= 0.6 is 0 Å². The van der Waals surface area contributed by atoms with Crippen LogP contribution in [0.3, 0.4) is 0 Å². The molecule has 2 N–H and O–H groups in total. The maximum atomic E-state index is 11.7. The van der Waals surface area contributed by atoms with Gasteiger partial charge in [-0.2, -0.15) is 5.10 Å². The summed E-state index contributed by atoms with van der Waals surface area (Å²) < 4.78 is 5.43. The molecule has 106 valence electrons. The van der Waals surface area contributed by atoms with Gasteiger partial charge in [0, 0.05) is 0 Å². The lowest BCUT2D eigenvalue weighted by atomic mass is 10.2. The lowest BCUT2D eigenvalue weighted by Crippen LogP contribution is -2.31. The second-order valence-electron chi connectivity index (χ2n) is 4.45. The summed E-state index contributed by atoms with van der Waals surface area (Å²) in [5.74, 6) is 1.10. The first-order chi connectivity index (χ1) is 9.69. The number of rotatable bonds is 6. The smallest absolute Gasteiger partial charge is 0.258 e. The molecule has 0 saturated heterocycles. The average molecular weight is 274 g/mol. The number of benzene rings is 1. The third-order valence-corrected chi connectivity index (χ3v) is 2.92.